The molecule has 1 saturated heterocycles. The molecular formula is C15H18N4O2. The van der Waals surface area contributed by atoms with Crippen molar-refractivity contribution >= 4 is 17.5 Å². The first-order valence-corrected chi connectivity index (χ1v) is 6.83. The zero-order valence-electron chi connectivity index (χ0n) is 12.1. The van der Waals surface area contributed by atoms with Gasteiger partial charge in [0.1, 0.15) is 6.07 Å². The van der Waals surface area contributed by atoms with Gasteiger partial charge >= 0.3 is 0 Å². The van der Waals surface area contributed by atoms with Crippen LogP contribution in [0.15, 0.2) is 18.2 Å². The maximum atomic E-state index is 11.4. The molecule has 1 fully saturated rings. The third-order valence-electron chi connectivity index (χ3n) is 3.18. The molecule has 0 atom stereocenters. The molecule has 6 nitrogen and oxygen atoms in total. The fraction of sp³-hybridized carbons (Fsp3) is 0.400. The van der Waals surface area contributed by atoms with E-state index in [0.717, 1.165) is 5.56 Å². The van der Waals surface area contributed by atoms with Crippen molar-refractivity contribution in [1.29, 1.82) is 5.26 Å². The highest BCUT2D eigenvalue weighted by Crippen LogP contribution is 2.22. The fourth-order valence-electron chi connectivity index (χ4n) is 2.19. The molecule has 21 heavy (non-hydrogen) atoms. The predicted octanol–water partition coefficient (Wildman–Crippen LogP) is 0.519. The van der Waals surface area contributed by atoms with E-state index in [1.165, 1.54) is 0 Å². The smallest absolute Gasteiger partial charge is 0.246 e. The lowest BCUT2D eigenvalue weighted by molar-refractivity contribution is -0.130. The zero-order chi connectivity index (χ0) is 15.4. The number of imide groups is 1. The molecule has 2 N–H and O–H groups in total. The second-order valence-corrected chi connectivity index (χ2v) is 5.33. The number of piperazine rings is 1. The molecule has 6 heteroatoms. The van der Waals surface area contributed by atoms with E-state index in [1.54, 1.807) is 17.0 Å². The van der Waals surface area contributed by atoms with E-state index in [0.29, 0.717) is 23.8 Å². The normalized spacial score (nSPS) is 15.0. The number of carbonyl (C=O) groups is 2. The van der Waals surface area contributed by atoms with Crippen LogP contribution in [-0.4, -0.2) is 30.9 Å². The number of amides is 2. The molecule has 0 saturated carbocycles. The minimum Gasteiger partial charge on any atom is -0.352 e. The summed E-state index contributed by atoms with van der Waals surface area (Å²) in [5.74, 6) is -0.693. The van der Waals surface area contributed by atoms with Gasteiger partial charge < -0.3 is 10.2 Å². The first-order chi connectivity index (χ1) is 9.99. The molecular weight excluding hydrogens is 268 g/mol. The van der Waals surface area contributed by atoms with Gasteiger partial charge in [-0.25, -0.2) is 0 Å². The SMILES string of the molecule is CC(C)NCc1ccc(N2CC(=O)NC(=O)C2)c(C#N)c1. The summed E-state index contributed by atoms with van der Waals surface area (Å²) in [5, 5.41) is 14.8. The minimum absolute atomic E-state index is 0.0873. The van der Waals surface area contributed by atoms with Crippen molar-refractivity contribution in [2.24, 2.45) is 0 Å². The van der Waals surface area contributed by atoms with Crippen LogP contribution < -0.4 is 15.5 Å². The lowest BCUT2D eigenvalue weighted by Gasteiger charge is -2.28. The maximum absolute atomic E-state index is 11.4. The van der Waals surface area contributed by atoms with Crippen molar-refractivity contribution in [3.63, 3.8) is 0 Å². The van der Waals surface area contributed by atoms with E-state index in [-0.39, 0.29) is 24.9 Å². The largest absolute Gasteiger partial charge is 0.352 e. The average Bonchev–Trinajstić information content (AvgIpc) is 2.43. The van der Waals surface area contributed by atoms with Crippen molar-refractivity contribution in [3.05, 3.63) is 29.3 Å². The maximum Gasteiger partial charge on any atom is 0.246 e. The second-order valence-electron chi connectivity index (χ2n) is 5.33. The molecule has 0 bridgehead atoms. The number of nitriles is 1. The number of hydrogen-bond donors (Lipinski definition) is 2. The van der Waals surface area contributed by atoms with Crippen LogP contribution in [0.25, 0.3) is 0 Å². The molecule has 0 unspecified atom stereocenters. The molecule has 1 aromatic rings. The highest BCUT2D eigenvalue weighted by molar-refractivity contribution is 6.02. The monoisotopic (exact) mass is 286 g/mol. The van der Waals surface area contributed by atoms with Crippen LogP contribution in [0, 0.1) is 11.3 Å². The van der Waals surface area contributed by atoms with Crippen LogP contribution >= 0.6 is 0 Å². The summed E-state index contributed by atoms with van der Waals surface area (Å²) < 4.78 is 0. The number of benzene rings is 1. The van der Waals surface area contributed by atoms with Crippen molar-refractivity contribution in [1.82, 2.24) is 10.6 Å². The molecule has 0 aliphatic carbocycles. The third-order valence-corrected chi connectivity index (χ3v) is 3.18. The molecule has 0 radical (unpaired) electrons. The summed E-state index contributed by atoms with van der Waals surface area (Å²) in [5.41, 5.74) is 2.09. The Morgan fingerprint density at radius 2 is 2.00 bits per heavy atom. The van der Waals surface area contributed by atoms with Gasteiger partial charge in [-0.15, -0.1) is 0 Å². The Hall–Kier alpha value is -2.39. The van der Waals surface area contributed by atoms with Crippen LogP contribution in [-0.2, 0) is 16.1 Å². The highest BCUT2D eigenvalue weighted by atomic mass is 16.2. The van der Waals surface area contributed by atoms with Crippen LogP contribution in [0.4, 0.5) is 5.69 Å². The second kappa shape index (κ2) is 6.37. The molecule has 1 aliphatic rings. The van der Waals surface area contributed by atoms with Gasteiger partial charge in [-0.1, -0.05) is 19.9 Å². The standard InChI is InChI=1S/C15H18N4O2/c1-10(2)17-7-11-3-4-13(12(5-11)6-16)19-8-14(20)18-15(21)9-19/h3-5,10,17H,7-9H2,1-2H3,(H,18,20,21). The summed E-state index contributed by atoms with van der Waals surface area (Å²) in [4.78, 5) is 24.5. The van der Waals surface area contributed by atoms with E-state index in [2.05, 4.69) is 30.6 Å². The van der Waals surface area contributed by atoms with E-state index in [9.17, 15) is 14.9 Å². The number of rotatable bonds is 4. The van der Waals surface area contributed by atoms with Gasteiger partial charge in [0, 0.05) is 12.6 Å². The Kier molecular flexibility index (Phi) is 4.55. The molecule has 110 valence electrons. The Labute approximate surface area is 123 Å². The van der Waals surface area contributed by atoms with Crippen LogP contribution in [0.2, 0.25) is 0 Å². The Balaban J connectivity index is 2.22. The summed E-state index contributed by atoms with van der Waals surface area (Å²) >= 11 is 0. The van der Waals surface area contributed by atoms with Crippen molar-refractivity contribution in [2.45, 2.75) is 26.4 Å². The molecule has 1 aliphatic heterocycles. The van der Waals surface area contributed by atoms with Gasteiger partial charge in [0.15, 0.2) is 0 Å². The summed E-state index contributed by atoms with van der Waals surface area (Å²) in [6.45, 7) is 4.95. The topological polar surface area (TPSA) is 85.2 Å². The Morgan fingerprint density at radius 1 is 1.33 bits per heavy atom. The van der Waals surface area contributed by atoms with Crippen LogP contribution in [0.1, 0.15) is 25.0 Å². The molecule has 2 amide bonds. The number of hydrogen-bond acceptors (Lipinski definition) is 5. The van der Waals surface area contributed by atoms with Crippen molar-refractivity contribution in [3.8, 4) is 6.07 Å². The average molecular weight is 286 g/mol. The Morgan fingerprint density at radius 3 is 2.57 bits per heavy atom. The third kappa shape index (κ3) is 3.80. The Bertz CT molecular complexity index is 588. The molecule has 1 aromatic carbocycles. The summed E-state index contributed by atoms with van der Waals surface area (Å²) in [7, 11) is 0. The van der Waals surface area contributed by atoms with Gasteiger partial charge in [-0.2, -0.15) is 5.26 Å². The molecule has 1 heterocycles. The van der Waals surface area contributed by atoms with Gasteiger partial charge in [-0.3, -0.25) is 14.9 Å². The van der Waals surface area contributed by atoms with Crippen LogP contribution in [0.3, 0.4) is 0 Å². The molecule has 0 spiro atoms. The van der Waals surface area contributed by atoms with E-state index < -0.39 is 0 Å². The van der Waals surface area contributed by atoms with Gasteiger partial charge in [0.2, 0.25) is 11.8 Å². The van der Waals surface area contributed by atoms with Gasteiger partial charge in [-0.05, 0) is 17.7 Å². The lowest BCUT2D eigenvalue weighted by atomic mass is 10.1. The lowest BCUT2D eigenvalue weighted by Crippen LogP contribution is -2.51. The van der Waals surface area contributed by atoms with E-state index in [1.807, 2.05) is 6.07 Å². The first kappa shape index (κ1) is 15.0. The number of nitrogens with zero attached hydrogens (tertiary/aromatic N) is 2. The van der Waals surface area contributed by atoms with E-state index in [4.69, 9.17) is 0 Å². The summed E-state index contributed by atoms with van der Waals surface area (Å²) in [6, 6.07) is 7.99. The zero-order valence-corrected chi connectivity index (χ0v) is 12.1. The minimum atomic E-state index is -0.347. The van der Waals surface area contributed by atoms with E-state index >= 15 is 0 Å². The predicted molar refractivity (Wildman–Crippen MR) is 78.5 cm³/mol. The fourth-order valence-corrected chi connectivity index (χ4v) is 2.19. The summed E-state index contributed by atoms with van der Waals surface area (Å²) in [6.07, 6.45) is 0. The number of anilines is 1. The molecule has 0 aromatic heterocycles. The first-order valence-electron chi connectivity index (χ1n) is 6.83. The quantitative estimate of drug-likeness (QED) is 0.788. The highest BCUT2D eigenvalue weighted by Gasteiger charge is 2.24. The molecule has 2 rings (SSSR count). The van der Waals surface area contributed by atoms with Crippen molar-refractivity contribution < 1.29 is 9.59 Å². The van der Waals surface area contributed by atoms with Crippen LogP contribution in [0.5, 0.6) is 0 Å². The number of nitrogens with one attached hydrogen (secondary N) is 2. The van der Waals surface area contributed by atoms with Crippen molar-refractivity contribution in [2.75, 3.05) is 18.0 Å². The number of carbonyl (C=O) groups excluding carboxylic acids is 2. The van der Waals surface area contributed by atoms with Gasteiger partial charge in [0.25, 0.3) is 0 Å². The van der Waals surface area contributed by atoms with Gasteiger partial charge in [0.05, 0.1) is 24.3 Å².